The molecule has 1 aromatic carbocycles. The second kappa shape index (κ2) is 12.1. The molecular weight excluding hydrogens is 392 g/mol. The molecular formula is C24H32N4O3. The number of amides is 2. The fourth-order valence-electron chi connectivity index (χ4n) is 3.74. The number of carbonyl (C=O) groups excluding carboxylic acids is 2. The Kier molecular flexibility index (Phi) is 8.84. The van der Waals surface area contributed by atoms with Crippen molar-refractivity contribution < 1.29 is 14.3 Å². The first kappa shape index (κ1) is 22.7. The standard InChI is InChI=1S/C24H32N4O3/c1-2-31-23-20(12-8-14-27-23)24(30)28-16-7-6-13-26-22(29)18-21(25-15-9-17-28)19-10-4-3-5-11-19/h3-5,8,10-12,14,21,25H,2,6-7,9,13,15-18H2,1H3,(H,26,29). The van der Waals surface area contributed by atoms with Crippen molar-refractivity contribution in [2.45, 2.75) is 38.6 Å². The molecule has 2 aromatic rings. The number of carbonyl (C=O) groups is 2. The zero-order valence-corrected chi connectivity index (χ0v) is 18.2. The number of benzene rings is 1. The number of aromatic nitrogens is 1. The number of nitrogens with one attached hydrogen (secondary N) is 2. The molecule has 7 heteroatoms. The topological polar surface area (TPSA) is 83.6 Å². The van der Waals surface area contributed by atoms with Gasteiger partial charge in [-0.15, -0.1) is 0 Å². The molecule has 1 aliphatic rings. The first-order valence-electron chi connectivity index (χ1n) is 11.1. The van der Waals surface area contributed by atoms with Gasteiger partial charge in [-0.2, -0.15) is 0 Å². The number of nitrogens with zero attached hydrogens (tertiary/aromatic N) is 2. The largest absolute Gasteiger partial charge is 0.477 e. The van der Waals surface area contributed by atoms with E-state index in [-0.39, 0.29) is 17.9 Å². The van der Waals surface area contributed by atoms with Crippen molar-refractivity contribution >= 4 is 11.8 Å². The second-order valence-corrected chi connectivity index (χ2v) is 7.61. The van der Waals surface area contributed by atoms with Gasteiger partial charge < -0.3 is 20.3 Å². The zero-order valence-electron chi connectivity index (χ0n) is 18.2. The number of hydrogen-bond acceptors (Lipinski definition) is 5. The average Bonchev–Trinajstić information content (AvgIpc) is 2.81. The molecule has 2 amide bonds. The van der Waals surface area contributed by atoms with E-state index in [2.05, 4.69) is 15.6 Å². The molecule has 1 saturated heterocycles. The summed E-state index contributed by atoms with van der Waals surface area (Å²) in [6.07, 6.45) is 4.48. The molecule has 0 saturated carbocycles. The molecule has 7 nitrogen and oxygen atoms in total. The summed E-state index contributed by atoms with van der Waals surface area (Å²) < 4.78 is 5.56. The van der Waals surface area contributed by atoms with Gasteiger partial charge in [0.2, 0.25) is 11.8 Å². The van der Waals surface area contributed by atoms with Gasteiger partial charge in [0.25, 0.3) is 5.91 Å². The van der Waals surface area contributed by atoms with Crippen LogP contribution in [0.2, 0.25) is 0 Å². The number of ether oxygens (including phenoxy) is 1. The van der Waals surface area contributed by atoms with Crippen molar-refractivity contribution in [3.05, 3.63) is 59.8 Å². The molecule has 1 aromatic heterocycles. The predicted octanol–water partition coefficient (Wildman–Crippen LogP) is 2.94. The van der Waals surface area contributed by atoms with Crippen LogP contribution in [0.5, 0.6) is 5.88 Å². The zero-order chi connectivity index (χ0) is 21.9. The van der Waals surface area contributed by atoms with Crippen LogP contribution in [0.25, 0.3) is 0 Å². The fraction of sp³-hybridized carbons (Fsp3) is 0.458. The Morgan fingerprint density at radius 3 is 2.71 bits per heavy atom. The van der Waals surface area contributed by atoms with Crippen LogP contribution in [0.3, 0.4) is 0 Å². The summed E-state index contributed by atoms with van der Waals surface area (Å²) in [6.45, 7) is 4.93. The molecule has 2 N–H and O–H groups in total. The lowest BCUT2D eigenvalue weighted by Crippen LogP contribution is -2.35. The lowest BCUT2D eigenvalue weighted by molar-refractivity contribution is -0.121. The van der Waals surface area contributed by atoms with E-state index >= 15 is 0 Å². The third-order valence-corrected chi connectivity index (χ3v) is 5.33. The SMILES string of the molecule is CCOc1ncccc1C(=O)N1CCCCNC(=O)CC(c2ccccc2)NCCC1. The highest BCUT2D eigenvalue weighted by atomic mass is 16.5. The van der Waals surface area contributed by atoms with E-state index in [9.17, 15) is 9.59 Å². The second-order valence-electron chi connectivity index (χ2n) is 7.61. The number of pyridine rings is 1. The first-order valence-corrected chi connectivity index (χ1v) is 11.1. The Bertz CT molecular complexity index is 844. The third kappa shape index (κ3) is 6.79. The van der Waals surface area contributed by atoms with Gasteiger partial charge in [-0.05, 0) is 50.4 Å². The molecule has 0 bridgehead atoms. The maximum atomic E-state index is 13.2. The minimum Gasteiger partial charge on any atom is -0.477 e. The van der Waals surface area contributed by atoms with Gasteiger partial charge in [0.15, 0.2) is 0 Å². The van der Waals surface area contributed by atoms with Crippen LogP contribution in [-0.2, 0) is 4.79 Å². The van der Waals surface area contributed by atoms with Gasteiger partial charge in [0.05, 0.1) is 6.61 Å². The van der Waals surface area contributed by atoms with Crippen molar-refractivity contribution in [3.63, 3.8) is 0 Å². The van der Waals surface area contributed by atoms with E-state index in [1.54, 1.807) is 18.3 Å². The molecule has 1 aliphatic heterocycles. The van der Waals surface area contributed by atoms with Gasteiger partial charge in [0, 0.05) is 38.3 Å². The van der Waals surface area contributed by atoms with Crippen LogP contribution in [-0.4, -0.2) is 54.5 Å². The Morgan fingerprint density at radius 2 is 1.90 bits per heavy atom. The van der Waals surface area contributed by atoms with Gasteiger partial charge in [-0.1, -0.05) is 30.3 Å². The molecule has 1 atom stereocenters. The summed E-state index contributed by atoms with van der Waals surface area (Å²) >= 11 is 0. The van der Waals surface area contributed by atoms with Gasteiger partial charge in [-0.25, -0.2) is 4.98 Å². The van der Waals surface area contributed by atoms with Crippen molar-refractivity contribution in [1.29, 1.82) is 0 Å². The Morgan fingerprint density at radius 1 is 1.10 bits per heavy atom. The smallest absolute Gasteiger partial charge is 0.259 e. The summed E-state index contributed by atoms with van der Waals surface area (Å²) in [5.41, 5.74) is 1.59. The maximum Gasteiger partial charge on any atom is 0.259 e. The minimum absolute atomic E-state index is 0.0465. The highest BCUT2D eigenvalue weighted by Gasteiger charge is 2.21. The van der Waals surface area contributed by atoms with Crippen LogP contribution < -0.4 is 15.4 Å². The Balaban J connectivity index is 1.70. The maximum absolute atomic E-state index is 13.2. The van der Waals surface area contributed by atoms with E-state index in [0.29, 0.717) is 50.7 Å². The molecule has 1 unspecified atom stereocenters. The Labute approximate surface area is 184 Å². The van der Waals surface area contributed by atoms with Gasteiger partial charge in [0.1, 0.15) is 5.56 Å². The van der Waals surface area contributed by atoms with Crippen molar-refractivity contribution in [3.8, 4) is 5.88 Å². The quantitative estimate of drug-likeness (QED) is 0.789. The molecule has 2 heterocycles. The van der Waals surface area contributed by atoms with E-state index in [4.69, 9.17) is 4.74 Å². The highest BCUT2D eigenvalue weighted by molar-refractivity contribution is 5.96. The molecule has 1 fully saturated rings. The monoisotopic (exact) mass is 424 g/mol. The molecule has 166 valence electrons. The predicted molar refractivity (Wildman–Crippen MR) is 120 cm³/mol. The van der Waals surface area contributed by atoms with Crippen LogP contribution in [0, 0.1) is 0 Å². The third-order valence-electron chi connectivity index (χ3n) is 5.33. The summed E-state index contributed by atoms with van der Waals surface area (Å²) in [5.74, 6) is 0.368. The lowest BCUT2D eigenvalue weighted by atomic mass is 10.0. The van der Waals surface area contributed by atoms with Crippen LogP contribution in [0.1, 0.15) is 54.6 Å². The van der Waals surface area contributed by atoms with Crippen LogP contribution in [0.15, 0.2) is 48.7 Å². The van der Waals surface area contributed by atoms with Gasteiger partial charge in [-0.3, -0.25) is 9.59 Å². The average molecular weight is 425 g/mol. The summed E-state index contributed by atoms with van der Waals surface area (Å²) in [4.78, 5) is 31.7. The van der Waals surface area contributed by atoms with E-state index in [0.717, 1.165) is 24.8 Å². The molecule has 0 radical (unpaired) electrons. The van der Waals surface area contributed by atoms with Crippen LogP contribution >= 0.6 is 0 Å². The highest BCUT2D eigenvalue weighted by Crippen LogP contribution is 2.19. The normalized spacial score (nSPS) is 18.8. The van der Waals surface area contributed by atoms with E-state index < -0.39 is 0 Å². The molecule has 0 aliphatic carbocycles. The van der Waals surface area contributed by atoms with Crippen molar-refractivity contribution in [2.75, 3.05) is 32.8 Å². The van der Waals surface area contributed by atoms with E-state index in [1.807, 2.05) is 42.2 Å². The number of hydrogen-bond donors (Lipinski definition) is 2. The minimum atomic E-state index is -0.0601. The van der Waals surface area contributed by atoms with Crippen molar-refractivity contribution in [2.24, 2.45) is 0 Å². The van der Waals surface area contributed by atoms with Gasteiger partial charge >= 0.3 is 0 Å². The van der Waals surface area contributed by atoms with Crippen LogP contribution in [0.4, 0.5) is 0 Å². The summed E-state index contributed by atoms with van der Waals surface area (Å²) in [6, 6.07) is 13.5. The summed E-state index contributed by atoms with van der Waals surface area (Å²) in [7, 11) is 0. The van der Waals surface area contributed by atoms with Crippen molar-refractivity contribution in [1.82, 2.24) is 20.5 Å². The fourth-order valence-corrected chi connectivity index (χ4v) is 3.74. The first-order chi connectivity index (χ1) is 15.2. The Hall–Kier alpha value is -2.93. The summed E-state index contributed by atoms with van der Waals surface area (Å²) in [5, 5.41) is 6.51. The number of rotatable bonds is 4. The lowest BCUT2D eigenvalue weighted by Gasteiger charge is -2.24. The molecule has 31 heavy (non-hydrogen) atoms. The molecule has 0 spiro atoms. The molecule has 3 rings (SSSR count). The van der Waals surface area contributed by atoms with E-state index in [1.165, 1.54) is 0 Å².